The van der Waals surface area contributed by atoms with Crippen LogP contribution in [0.5, 0.6) is 11.5 Å². The maximum atomic E-state index is 13.4. The van der Waals surface area contributed by atoms with Crippen molar-refractivity contribution in [2.75, 3.05) is 14.2 Å². The van der Waals surface area contributed by atoms with E-state index in [1.54, 1.807) is 19.1 Å². The molecular formula is C24H26N2O7. The van der Waals surface area contributed by atoms with Crippen LogP contribution in [-0.4, -0.2) is 47.1 Å². The van der Waals surface area contributed by atoms with E-state index in [1.165, 1.54) is 54.0 Å². The number of aryl methyl sites for hydroxylation is 1. The second-order valence-electron chi connectivity index (χ2n) is 9.06. The second kappa shape index (κ2) is 8.06. The minimum atomic E-state index is -1.75. The number of Topliss-reactive ketones (excluding diaryl/α,β-unsaturated/α-hetero) is 4. The van der Waals surface area contributed by atoms with Crippen LogP contribution in [0.3, 0.4) is 0 Å². The predicted molar refractivity (Wildman–Crippen MR) is 118 cm³/mol. The number of hydrogen-bond donors (Lipinski definition) is 0. The van der Waals surface area contributed by atoms with Gasteiger partial charge in [-0.3, -0.25) is 24.0 Å². The molecule has 1 saturated carbocycles. The Bertz CT molecular complexity index is 1220. The third-order valence-electron chi connectivity index (χ3n) is 6.06. The van der Waals surface area contributed by atoms with E-state index in [0.29, 0.717) is 22.9 Å². The number of nitrogens with zero attached hydrogens (tertiary/aromatic N) is 2. The van der Waals surface area contributed by atoms with Gasteiger partial charge >= 0.3 is 0 Å². The average Bonchev–Trinajstić information content (AvgIpc) is 2.78. The summed E-state index contributed by atoms with van der Waals surface area (Å²) in [7, 11) is 2.91. The van der Waals surface area contributed by atoms with E-state index in [4.69, 9.17) is 9.47 Å². The molecule has 9 nitrogen and oxygen atoms in total. The van der Waals surface area contributed by atoms with E-state index >= 15 is 0 Å². The van der Waals surface area contributed by atoms with Gasteiger partial charge in [-0.1, -0.05) is 0 Å². The summed E-state index contributed by atoms with van der Waals surface area (Å²) in [6.45, 7) is 7.16. The molecule has 1 aromatic heterocycles. The SMILES string of the molecule is COc1ccc(-n2nc(C)cc(C(=O)C3C(=O)C(C)(C)C(=O)C(C)(C)C3=O)c2=O)cc1OC. The van der Waals surface area contributed by atoms with Crippen LogP contribution in [0.25, 0.3) is 5.69 Å². The molecule has 2 aromatic rings. The third kappa shape index (κ3) is 3.67. The third-order valence-corrected chi connectivity index (χ3v) is 6.06. The number of aromatic nitrogens is 2. The molecule has 1 fully saturated rings. The zero-order chi connectivity index (χ0) is 24.9. The molecule has 0 atom stereocenters. The van der Waals surface area contributed by atoms with Crippen LogP contribution in [-0.2, 0) is 14.4 Å². The van der Waals surface area contributed by atoms with Crippen LogP contribution in [0.4, 0.5) is 0 Å². The lowest BCUT2D eigenvalue weighted by Crippen LogP contribution is -2.59. The van der Waals surface area contributed by atoms with Gasteiger partial charge in [-0.2, -0.15) is 9.78 Å². The quantitative estimate of drug-likeness (QED) is 0.497. The number of rotatable bonds is 5. The van der Waals surface area contributed by atoms with E-state index in [0.717, 1.165) is 4.68 Å². The Morgan fingerprint density at radius 3 is 1.97 bits per heavy atom. The van der Waals surface area contributed by atoms with Gasteiger partial charge in [0.25, 0.3) is 5.56 Å². The molecule has 1 aromatic carbocycles. The lowest BCUT2D eigenvalue weighted by Gasteiger charge is -2.39. The zero-order valence-electron chi connectivity index (χ0n) is 19.6. The first kappa shape index (κ1) is 24.0. The summed E-state index contributed by atoms with van der Waals surface area (Å²) in [5.41, 5.74) is -3.62. The lowest BCUT2D eigenvalue weighted by atomic mass is 9.57. The van der Waals surface area contributed by atoms with Gasteiger partial charge in [0.05, 0.1) is 42.0 Å². The number of methoxy groups -OCH3 is 2. The average molecular weight is 454 g/mol. The topological polar surface area (TPSA) is 122 Å². The van der Waals surface area contributed by atoms with Crippen molar-refractivity contribution in [1.82, 2.24) is 9.78 Å². The summed E-state index contributed by atoms with van der Waals surface area (Å²) < 4.78 is 11.5. The maximum absolute atomic E-state index is 13.4. The lowest BCUT2D eigenvalue weighted by molar-refractivity contribution is -0.158. The Balaban J connectivity index is 2.17. The maximum Gasteiger partial charge on any atom is 0.282 e. The van der Waals surface area contributed by atoms with Crippen molar-refractivity contribution in [3.05, 3.63) is 45.9 Å². The van der Waals surface area contributed by atoms with E-state index in [1.807, 2.05) is 0 Å². The van der Waals surface area contributed by atoms with Crippen LogP contribution < -0.4 is 15.0 Å². The van der Waals surface area contributed by atoms with Gasteiger partial charge in [-0.25, -0.2) is 0 Å². The Kier molecular flexibility index (Phi) is 5.87. The summed E-state index contributed by atoms with van der Waals surface area (Å²) in [6, 6.07) is 5.91. The first-order valence-corrected chi connectivity index (χ1v) is 10.3. The first-order chi connectivity index (χ1) is 15.3. The zero-order valence-corrected chi connectivity index (χ0v) is 19.6. The Labute approximate surface area is 190 Å². The summed E-state index contributed by atoms with van der Waals surface area (Å²) in [5.74, 6) is -4.09. The fourth-order valence-corrected chi connectivity index (χ4v) is 4.16. The van der Waals surface area contributed by atoms with Gasteiger partial charge in [-0.05, 0) is 52.8 Å². The van der Waals surface area contributed by atoms with Crippen LogP contribution in [0.2, 0.25) is 0 Å². The molecule has 1 heterocycles. The van der Waals surface area contributed by atoms with Crippen molar-refractivity contribution in [2.24, 2.45) is 16.7 Å². The monoisotopic (exact) mass is 454 g/mol. The molecule has 0 radical (unpaired) electrons. The second-order valence-corrected chi connectivity index (χ2v) is 9.06. The molecule has 174 valence electrons. The molecule has 33 heavy (non-hydrogen) atoms. The molecule has 0 N–H and O–H groups in total. The largest absolute Gasteiger partial charge is 0.493 e. The highest BCUT2D eigenvalue weighted by atomic mass is 16.5. The van der Waals surface area contributed by atoms with Crippen molar-refractivity contribution in [2.45, 2.75) is 34.6 Å². The van der Waals surface area contributed by atoms with Crippen LogP contribution >= 0.6 is 0 Å². The first-order valence-electron chi connectivity index (χ1n) is 10.3. The van der Waals surface area contributed by atoms with Gasteiger partial charge in [-0.15, -0.1) is 0 Å². The summed E-state index contributed by atoms with van der Waals surface area (Å²) in [5, 5.41) is 4.20. The summed E-state index contributed by atoms with van der Waals surface area (Å²) >= 11 is 0. The number of carbonyl (C=O) groups is 4. The van der Waals surface area contributed by atoms with Gasteiger partial charge in [0.1, 0.15) is 5.92 Å². The van der Waals surface area contributed by atoms with Crippen molar-refractivity contribution in [1.29, 1.82) is 0 Å². The number of ether oxygens (including phenoxy) is 2. The number of benzene rings is 1. The van der Waals surface area contributed by atoms with Crippen LogP contribution in [0.1, 0.15) is 43.7 Å². The molecular weight excluding hydrogens is 428 g/mol. The summed E-state index contributed by atoms with van der Waals surface area (Å²) in [6.07, 6.45) is 0. The molecule has 1 aliphatic rings. The van der Waals surface area contributed by atoms with E-state index in [9.17, 15) is 24.0 Å². The highest BCUT2D eigenvalue weighted by molar-refractivity contribution is 6.37. The van der Waals surface area contributed by atoms with Crippen molar-refractivity contribution in [3.8, 4) is 17.2 Å². The van der Waals surface area contributed by atoms with Gasteiger partial charge in [0.2, 0.25) is 0 Å². The fourth-order valence-electron chi connectivity index (χ4n) is 4.16. The molecule has 0 bridgehead atoms. The fraction of sp³-hybridized carbons (Fsp3) is 0.417. The number of carbonyl (C=O) groups excluding carboxylic acids is 4. The molecule has 0 saturated heterocycles. The van der Waals surface area contributed by atoms with Gasteiger partial charge in [0, 0.05) is 6.07 Å². The number of hydrogen-bond acceptors (Lipinski definition) is 8. The van der Waals surface area contributed by atoms with Crippen molar-refractivity contribution < 1.29 is 28.7 Å². The predicted octanol–water partition coefficient (Wildman–Crippen LogP) is 2.13. The van der Waals surface area contributed by atoms with Crippen LogP contribution in [0, 0.1) is 23.7 Å². The minimum absolute atomic E-state index is 0.299. The van der Waals surface area contributed by atoms with Gasteiger partial charge < -0.3 is 9.47 Å². The molecule has 0 spiro atoms. The standard InChI is InChI=1S/C24H26N2O7/c1-12-10-14(18(27)17-19(28)23(2,3)22(31)24(4,5)20(17)29)21(30)26(25-12)13-8-9-15(32-6)16(11-13)33-7/h8-11,17H,1-7H3. The molecule has 1 aliphatic carbocycles. The molecule has 9 heteroatoms. The highest BCUT2D eigenvalue weighted by Gasteiger charge is 2.60. The molecule has 0 unspecified atom stereocenters. The number of ketones is 4. The Morgan fingerprint density at radius 2 is 1.45 bits per heavy atom. The van der Waals surface area contributed by atoms with Gasteiger partial charge in [0.15, 0.2) is 34.6 Å². The van der Waals surface area contributed by atoms with Crippen molar-refractivity contribution >= 4 is 23.1 Å². The van der Waals surface area contributed by atoms with E-state index < -0.39 is 45.4 Å². The molecule has 3 rings (SSSR count). The van der Waals surface area contributed by atoms with Crippen LogP contribution in [0.15, 0.2) is 29.1 Å². The Morgan fingerprint density at radius 1 is 0.909 bits per heavy atom. The van der Waals surface area contributed by atoms with Crippen molar-refractivity contribution in [3.63, 3.8) is 0 Å². The summed E-state index contributed by atoms with van der Waals surface area (Å²) in [4.78, 5) is 65.6. The van der Waals surface area contributed by atoms with E-state index in [-0.39, 0.29) is 5.56 Å². The molecule has 0 amide bonds. The molecule has 0 aliphatic heterocycles. The minimum Gasteiger partial charge on any atom is -0.493 e. The Hall–Kier alpha value is -3.62. The normalized spacial score (nSPS) is 17.7. The van der Waals surface area contributed by atoms with E-state index in [2.05, 4.69) is 5.10 Å². The highest BCUT2D eigenvalue weighted by Crippen LogP contribution is 2.41. The smallest absolute Gasteiger partial charge is 0.282 e.